The van der Waals surface area contributed by atoms with Crippen molar-refractivity contribution in [3.8, 4) is 0 Å². The van der Waals surface area contributed by atoms with Crippen LogP contribution in [-0.4, -0.2) is 38.5 Å². The van der Waals surface area contributed by atoms with Crippen LogP contribution < -0.4 is 5.56 Å². The Bertz CT molecular complexity index is 829. The van der Waals surface area contributed by atoms with Crippen molar-refractivity contribution >= 4 is 16.7 Å². The number of fused-ring (bicyclic) bond motifs is 3. The van der Waals surface area contributed by atoms with Crippen molar-refractivity contribution in [2.45, 2.75) is 26.8 Å². The molecule has 3 rings (SSSR count). The largest absolute Gasteiger partial charge is 0.304 e. The minimum Gasteiger partial charge on any atom is -0.304 e. The van der Waals surface area contributed by atoms with Gasteiger partial charge in [0.25, 0.3) is 5.56 Å². The van der Waals surface area contributed by atoms with Crippen molar-refractivity contribution in [3.05, 3.63) is 47.0 Å². The Labute approximate surface area is 129 Å². The monoisotopic (exact) mass is 298 g/mol. The van der Waals surface area contributed by atoms with Crippen molar-refractivity contribution < 1.29 is 0 Å². The summed E-state index contributed by atoms with van der Waals surface area (Å²) in [6.45, 7) is 8.16. The quantitative estimate of drug-likeness (QED) is 0.702. The standard InChI is InChI=1S/C17H22N4O/c1-3-19(4-2)11-7-13-21-14-8-5-10-18-16(14)20-12-6-9-15(20)17(21)22/h5-6,8-10,12H,3-4,7,11,13H2,1-2H3. The fraction of sp³-hybridized carbons (Fsp3) is 0.412. The molecular formula is C17H22N4O. The van der Waals surface area contributed by atoms with E-state index in [4.69, 9.17) is 0 Å². The number of aromatic nitrogens is 3. The van der Waals surface area contributed by atoms with Crippen LogP contribution in [0.2, 0.25) is 0 Å². The first-order chi connectivity index (χ1) is 10.8. The predicted molar refractivity (Wildman–Crippen MR) is 89.4 cm³/mol. The first-order valence-corrected chi connectivity index (χ1v) is 7.93. The van der Waals surface area contributed by atoms with E-state index in [1.54, 1.807) is 6.20 Å². The van der Waals surface area contributed by atoms with Gasteiger partial charge in [0, 0.05) is 18.9 Å². The fourth-order valence-electron chi connectivity index (χ4n) is 2.99. The van der Waals surface area contributed by atoms with Gasteiger partial charge in [0.05, 0.1) is 5.52 Å². The van der Waals surface area contributed by atoms with Crippen LogP contribution in [-0.2, 0) is 6.54 Å². The molecule has 3 aromatic heterocycles. The lowest BCUT2D eigenvalue weighted by Crippen LogP contribution is -2.28. The molecule has 0 atom stereocenters. The maximum atomic E-state index is 12.7. The summed E-state index contributed by atoms with van der Waals surface area (Å²) in [5.74, 6) is 0. The Hall–Kier alpha value is -2.14. The Morgan fingerprint density at radius 1 is 1.14 bits per heavy atom. The Kier molecular flexibility index (Phi) is 4.24. The van der Waals surface area contributed by atoms with Crippen LogP contribution in [0.4, 0.5) is 0 Å². The lowest BCUT2D eigenvalue weighted by molar-refractivity contribution is 0.293. The van der Waals surface area contributed by atoms with Gasteiger partial charge in [-0.1, -0.05) is 13.8 Å². The van der Waals surface area contributed by atoms with Gasteiger partial charge in [0.1, 0.15) is 5.52 Å². The molecule has 3 heterocycles. The average molecular weight is 298 g/mol. The van der Waals surface area contributed by atoms with E-state index in [2.05, 4.69) is 23.7 Å². The maximum absolute atomic E-state index is 12.7. The molecule has 0 amide bonds. The SMILES string of the molecule is CCN(CC)CCCn1c(=O)c2cccn2c2ncccc21. The summed E-state index contributed by atoms with van der Waals surface area (Å²) >= 11 is 0. The summed E-state index contributed by atoms with van der Waals surface area (Å²) in [4.78, 5) is 19.5. The molecule has 0 aliphatic carbocycles. The van der Waals surface area contributed by atoms with E-state index in [1.165, 1.54) is 0 Å². The van der Waals surface area contributed by atoms with Crippen LogP contribution in [0.1, 0.15) is 20.3 Å². The summed E-state index contributed by atoms with van der Waals surface area (Å²) in [7, 11) is 0. The van der Waals surface area contributed by atoms with E-state index in [1.807, 2.05) is 39.4 Å². The minimum absolute atomic E-state index is 0.0602. The highest BCUT2D eigenvalue weighted by Gasteiger charge is 2.11. The molecular weight excluding hydrogens is 276 g/mol. The smallest absolute Gasteiger partial charge is 0.275 e. The molecule has 0 unspecified atom stereocenters. The topological polar surface area (TPSA) is 42.5 Å². The first-order valence-electron chi connectivity index (χ1n) is 7.93. The van der Waals surface area contributed by atoms with E-state index in [9.17, 15) is 4.79 Å². The zero-order chi connectivity index (χ0) is 15.5. The highest BCUT2D eigenvalue weighted by molar-refractivity contribution is 5.74. The van der Waals surface area contributed by atoms with Gasteiger partial charge in [0.2, 0.25) is 0 Å². The third-order valence-electron chi connectivity index (χ3n) is 4.25. The van der Waals surface area contributed by atoms with Crippen LogP contribution in [0, 0.1) is 0 Å². The summed E-state index contributed by atoms with van der Waals surface area (Å²) < 4.78 is 3.74. The minimum atomic E-state index is 0.0602. The molecule has 22 heavy (non-hydrogen) atoms. The number of nitrogens with zero attached hydrogens (tertiary/aromatic N) is 4. The molecule has 0 bridgehead atoms. The van der Waals surface area contributed by atoms with E-state index >= 15 is 0 Å². The van der Waals surface area contributed by atoms with Gasteiger partial charge in [-0.15, -0.1) is 0 Å². The second-order valence-electron chi connectivity index (χ2n) is 5.45. The zero-order valence-corrected chi connectivity index (χ0v) is 13.2. The zero-order valence-electron chi connectivity index (χ0n) is 13.2. The normalized spacial score (nSPS) is 11.8. The van der Waals surface area contributed by atoms with E-state index < -0.39 is 0 Å². The van der Waals surface area contributed by atoms with Gasteiger partial charge < -0.3 is 9.47 Å². The van der Waals surface area contributed by atoms with Crippen LogP contribution in [0.15, 0.2) is 41.5 Å². The third kappa shape index (κ3) is 2.52. The molecule has 0 saturated carbocycles. The van der Waals surface area contributed by atoms with Crippen molar-refractivity contribution in [2.75, 3.05) is 19.6 Å². The Balaban J connectivity index is 2.00. The molecule has 0 aliphatic heterocycles. The van der Waals surface area contributed by atoms with E-state index in [-0.39, 0.29) is 5.56 Å². The molecule has 0 radical (unpaired) electrons. The Morgan fingerprint density at radius 2 is 1.91 bits per heavy atom. The van der Waals surface area contributed by atoms with Crippen LogP contribution in [0.25, 0.3) is 16.7 Å². The maximum Gasteiger partial charge on any atom is 0.275 e. The highest BCUT2D eigenvalue weighted by Crippen LogP contribution is 2.13. The molecule has 0 N–H and O–H groups in total. The van der Waals surface area contributed by atoms with Gasteiger partial charge >= 0.3 is 0 Å². The summed E-state index contributed by atoms with van der Waals surface area (Å²) in [6.07, 6.45) is 4.63. The first kappa shape index (κ1) is 14.8. The number of rotatable bonds is 6. The average Bonchev–Trinajstić information content (AvgIpc) is 3.04. The van der Waals surface area contributed by atoms with Gasteiger partial charge in [-0.3, -0.25) is 9.20 Å². The van der Waals surface area contributed by atoms with Gasteiger partial charge in [-0.2, -0.15) is 0 Å². The lowest BCUT2D eigenvalue weighted by Gasteiger charge is -2.18. The number of hydrogen-bond donors (Lipinski definition) is 0. The number of aryl methyl sites for hydroxylation is 1. The second kappa shape index (κ2) is 6.32. The van der Waals surface area contributed by atoms with Gasteiger partial charge in [0.15, 0.2) is 5.65 Å². The molecule has 0 spiro atoms. The fourth-order valence-corrected chi connectivity index (χ4v) is 2.99. The molecule has 0 saturated heterocycles. The number of pyridine rings is 1. The predicted octanol–water partition coefficient (Wildman–Crippen LogP) is 2.38. The van der Waals surface area contributed by atoms with Gasteiger partial charge in [-0.05, 0) is 50.3 Å². The van der Waals surface area contributed by atoms with Gasteiger partial charge in [-0.25, -0.2) is 4.98 Å². The molecule has 0 aliphatic rings. The van der Waals surface area contributed by atoms with Crippen LogP contribution >= 0.6 is 0 Å². The summed E-state index contributed by atoms with van der Waals surface area (Å²) in [5, 5.41) is 0. The van der Waals surface area contributed by atoms with Crippen molar-refractivity contribution in [3.63, 3.8) is 0 Å². The third-order valence-corrected chi connectivity index (χ3v) is 4.25. The van der Waals surface area contributed by atoms with Crippen LogP contribution in [0.3, 0.4) is 0 Å². The van der Waals surface area contributed by atoms with E-state index in [0.717, 1.165) is 43.8 Å². The molecule has 0 aromatic carbocycles. The second-order valence-corrected chi connectivity index (χ2v) is 5.45. The van der Waals surface area contributed by atoms with E-state index in [0.29, 0.717) is 5.52 Å². The van der Waals surface area contributed by atoms with Crippen LogP contribution in [0.5, 0.6) is 0 Å². The molecule has 3 aromatic rings. The van der Waals surface area contributed by atoms with Crippen molar-refractivity contribution in [1.82, 2.24) is 18.9 Å². The molecule has 5 nitrogen and oxygen atoms in total. The molecule has 116 valence electrons. The highest BCUT2D eigenvalue weighted by atomic mass is 16.1. The number of hydrogen-bond acceptors (Lipinski definition) is 3. The molecule has 0 fully saturated rings. The van der Waals surface area contributed by atoms with Crippen molar-refractivity contribution in [2.24, 2.45) is 0 Å². The Morgan fingerprint density at radius 3 is 2.68 bits per heavy atom. The summed E-state index contributed by atoms with van der Waals surface area (Å²) in [6, 6.07) is 7.61. The molecule has 5 heteroatoms. The van der Waals surface area contributed by atoms with Crippen molar-refractivity contribution in [1.29, 1.82) is 0 Å². The summed E-state index contributed by atoms with van der Waals surface area (Å²) in [5.41, 5.74) is 2.49. The lowest BCUT2D eigenvalue weighted by atomic mass is 10.3.